The molecule has 0 saturated carbocycles. The topological polar surface area (TPSA) is 85.5 Å². The van der Waals surface area contributed by atoms with Crippen molar-refractivity contribution in [2.24, 2.45) is 5.92 Å². The van der Waals surface area contributed by atoms with Crippen molar-refractivity contribution < 1.29 is 18.7 Å². The summed E-state index contributed by atoms with van der Waals surface area (Å²) in [5.74, 6) is 0.437. The molecule has 0 aliphatic carbocycles. The lowest BCUT2D eigenvalue weighted by Crippen LogP contribution is -2.41. The Labute approximate surface area is 147 Å². The molecule has 0 N–H and O–H groups in total. The molecule has 9 heteroatoms. The van der Waals surface area contributed by atoms with Crippen LogP contribution in [0.5, 0.6) is 0 Å². The fourth-order valence-corrected chi connectivity index (χ4v) is 3.82. The Balaban J connectivity index is 1.47. The summed E-state index contributed by atoms with van der Waals surface area (Å²) < 4.78 is 10.3. The molecule has 0 spiro atoms. The predicted molar refractivity (Wildman–Crippen MR) is 89.7 cm³/mol. The molecule has 0 unspecified atom stereocenters. The molecule has 7 nitrogen and oxygen atoms in total. The van der Waals surface area contributed by atoms with E-state index in [0.717, 1.165) is 4.88 Å². The molecule has 0 bridgehead atoms. The van der Waals surface area contributed by atoms with Crippen LogP contribution in [0.3, 0.4) is 0 Å². The number of piperidine rings is 1. The molecule has 1 aliphatic heterocycles. The number of amides is 1. The van der Waals surface area contributed by atoms with Gasteiger partial charge in [0.25, 0.3) is 11.1 Å². The molecule has 3 rings (SSSR count). The first-order valence-corrected chi connectivity index (χ1v) is 9.39. The Morgan fingerprint density at radius 2 is 2.21 bits per heavy atom. The average molecular weight is 367 g/mol. The number of hydrogen-bond donors (Lipinski definition) is 0. The molecule has 0 radical (unpaired) electrons. The summed E-state index contributed by atoms with van der Waals surface area (Å²) in [7, 11) is 1.39. The van der Waals surface area contributed by atoms with Gasteiger partial charge in [-0.05, 0) is 24.3 Å². The number of esters is 1. The van der Waals surface area contributed by atoms with Crippen molar-refractivity contribution in [1.29, 1.82) is 0 Å². The molecule has 1 saturated heterocycles. The van der Waals surface area contributed by atoms with Crippen molar-refractivity contribution in [3.05, 3.63) is 17.5 Å². The van der Waals surface area contributed by atoms with Crippen molar-refractivity contribution in [3.8, 4) is 10.8 Å². The molecular formula is C15H17N3O4S2. The summed E-state index contributed by atoms with van der Waals surface area (Å²) in [6.07, 6.45) is 1.29. The summed E-state index contributed by atoms with van der Waals surface area (Å²) >= 11 is 2.76. The highest BCUT2D eigenvalue weighted by atomic mass is 32.2. The number of thioether (sulfide) groups is 1. The minimum absolute atomic E-state index is 0.0131. The third-order valence-electron chi connectivity index (χ3n) is 3.84. The molecule has 24 heavy (non-hydrogen) atoms. The first kappa shape index (κ1) is 17.0. The van der Waals surface area contributed by atoms with E-state index in [1.165, 1.54) is 30.2 Å². The molecule has 0 aromatic carbocycles. The standard InChI is InChI=1S/C15H17N3O4S2/c1-21-14(20)10-4-6-18(7-5-10)12(19)9-24-15-17-16-13(22-15)11-3-2-8-23-11/h2-3,8,10H,4-7,9H2,1H3. The van der Waals surface area contributed by atoms with Gasteiger partial charge in [0, 0.05) is 13.1 Å². The van der Waals surface area contributed by atoms with Crippen molar-refractivity contribution in [1.82, 2.24) is 15.1 Å². The van der Waals surface area contributed by atoms with Gasteiger partial charge < -0.3 is 14.1 Å². The molecule has 2 aromatic rings. The van der Waals surface area contributed by atoms with Crippen LogP contribution in [-0.2, 0) is 14.3 Å². The maximum absolute atomic E-state index is 12.3. The van der Waals surface area contributed by atoms with E-state index in [1.54, 1.807) is 4.90 Å². The first-order valence-electron chi connectivity index (χ1n) is 7.53. The summed E-state index contributed by atoms with van der Waals surface area (Å²) in [6.45, 7) is 1.15. The molecule has 128 valence electrons. The number of thiophene rings is 1. The number of carbonyl (C=O) groups is 2. The minimum atomic E-state index is -0.191. The highest BCUT2D eigenvalue weighted by Crippen LogP contribution is 2.27. The van der Waals surface area contributed by atoms with Crippen molar-refractivity contribution in [2.45, 2.75) is 18.1 Å². The Bertz CT molecular complexity index is 693. The van der Waals surface area contributed by atoms with E-state index in [2.05, 4.69) is 10.2 Å². The number of rotatable bonds is 5. The minimum Gasteiger partial charge on any atom is -0.469 e. The highest BCUT2D eigenvalue weighted by molar-refractivity contribution is 7.99. The van der Waals surface area contributed by atoms with E-state index in [1.807, 2.05) is 17.5 Å². The summed E-state index contributed by atoms with van der Waals surface area (Å²) in [5.41, 5.74) is 0. The zero-order valence-electron chi connectivity index (χ0n) is 13.1. The zero-order chi connectivity index (χ0) is 16.9. The fourth-order valence-electron chi connectivity index (χ4n) is 2.51. The second kappa shape index (κ2) is 7.80. The second-order valence-electron chi connectivity index (χ2n) is 5.32. The van der Waals surface area contributed by atoms with Crippen LogP contribution in [-0.4, -0.2) is 52.9 Å². The number of aromatic nitrogens is 2. The van der Waals surface area contributed by atoms with Crippen LogP contribution >= 0.6 is 23.1 Å². The lowest BCUT2D eigenvalue weighted by Gasteiger charge is -2.30. The predicted octanol–water partition coefficient (Wildman–Crippen LogP) is 2.30. The lowest BCUT2D eigenvalue weighted by atomic mass is 9.97. The maximum Gasteiger partial charge on any atom is 0.308 e. The quantitative estimate of drug-likeness (QED) is 0.592. The Morgan fingerprint density at radius 3 is 2.88 bits per heavy atom. The molecule has 2 aromatic heterocycles. The van der Waals surface area contributed by atoms with Crippen LogP contribution in [0.15, 0.2) is 27.2 Å². The van der Waals surface area contributed by atoms with Gasteiger partial charge >= 0.3 is 5.97 Å². The van der Waals surface area contributed by atoms with Gasteiger partial charge in [-0.25, -0.2) is 0 Å². The molecule has 1 aliphatic rings. The summed E-state index contributed by atoms with van der Waals surface area (Å²) in [6, 6.07) is 3.82. The zero-order valence-corrected chi connectivity index (χ0v) is 14.8. The van der Waals surface area contributed by atoms with Gasteiger partial charge in [0.15, 0.2) is 0 Å². The van der Waals surface area contributed by atoms with Crippen LogP contribution < -0.4 is 0 Å². The third-order valence-corrected chi connectivity index (χ3v) is 5.50. The first-order chi connectivity index (χ1) is 11.7. The number of hydrogen-bond acceptors (Lipinski definition) is 8. The largest absolute Gasteiger partial charge is 0.469 e. The average Bonchev–Trinajstić information content (AvgIpc) is 3.30. The van der Waals surface area contributed by atoms with E-state index < -0.39 is 0 Å². The van der Waals surface area contributed by atoms with Gasteiger partial charge in [-0.15, -0.1) is 21.5 Å². The Kier molecular flexibility index (Phi) is 5.52. The number of nitrogens with zero attached hydrogens (tertiary/aromatic N) is 3. The number of likely N-dealkylation sites (tertiary alicyclic amines) is 1. The molecular weight excluding hydrogens is 350 g/mol. The van der Waals surface area contributed by atoms with Crippen LogP contribution in [0, 0.1) is 5.92 Å². The van der Waals surface area contributed by atoms with Gasteiger partial charge in [0.1, 0.15) is 0 Å². The van der Waals surface area contributed by atoms with Gasteiger partial charge in [-0.3, -0.25) is 9.59 Å². The van der Waals surface area contributed by atoms with Crippen molar-refractivity contribution in [3.63, 3.8) is 0 Å². The number of ether oxygens (including phenoxy) is 1. The Morgan fingerprint density at radius 1 is 1.42 bits per heavy atom. The van der Waals surface area contributed by atoms with Crippen LogP contribution in [0.1, 0.15) is 12.8 Å². The summed E-state index contributed by atoms with van der Waals surface area (Å²) in [5, 5.41) is 10.3. The monoisotopic (exact) mass is 367 g/mol. The lowest BCUT2D eigenvalue weighted by molar-refractivity contribution is -0.148. The SMILES string of the molecule is COC(=O)C1CCN(C(=O)CSc2nnc(-c3cccs3)o2)CC1. The molecule has 1 fully saturated rings. The smallest absolute Gasteiger partial charge is 0.308 e. The van der Waals surface area contributed by atoms with Crippen LogP contribution in [0.2, 0.25) is 0 Å². The van der Waals surface area contributed by atoms with Crippen molar-refractivity contribution >= 4 is 35.0 Å². The highest BCUT2D eigenvalue weighted by Gasteiger charge is 2.28. The summed E-state index contributed by atoms with van der Waals surface area (Å²) in [4.78, 5) is 26.4. The normalized spacial score (nSPS) is 15.5. The van der Waals surface area contributed by atoms with Crippen LogP contribution in [0.25, 0.3) is 10.8 Å². The van der Waals surface area contributed by atoms with E-state index in [9.17, 15) is 9.59 Å². The van der Waals surface area contributed by atoms with E-state index in [-0.39, 0.29) is 23.5 Å². The van der Waals surface area contributed by atoms with E-state index in [0.29, 0.717) is 37.0 Å². The van der Waals surface area contributed by atoms with E-state index in [4.69, 9.17) is 9.15 Å². The number of methoxy groups -OCH3 is 1. The van der Waals surface area contributed by atoms with Crippen molar-refractivity contribution in [2.75, 3.05) is 26.0 Å². The maximum atomic E-state index is 12.3. The van der Waals surface area contributed by atoms with E-state index >= 15 is 0 Å². The van der Waals surface area contributed by atoms with Gasteiger partial charge in [0.2, 0.25) is 5.91 Å². The van der Waals surface area contributed by atoms with Gasteiger partial charge in [-0.1, -0.05) is 17.8 Å². The molecule has 3 heterocycles. The Hall–Kier alpha value is -1.87. The van der Waals surface area contributed by atoms with Crippen LogP contribution in [0.4, 0.5) is 0 Å². The third kappa shape index (κ3) is 3.96. The second-order valence-corrected chi connectivity index (χ2v) is 7.19. The van der Waals surface area contributed by atoms with Gasteiger partial charge in [0.05, 0.1) is 23.7 Å². The van der Waals surface area contributed by atoms with Gasteiger partial charge in [-0.2, -0.15) is 0 Å². The molecule has 0 atom stereocenters. The number of carbonyl (C=O) groups excluding carboxylic acids is 2. The molecule has 1 amide bonds. The fraction of sp³-hybridized carbons (Fsp3) is 0.467.